The second-order valence-electron chi connectivity index (χ2n) is 4.37. The lowest BCUT2D eigenvalue weighted by atomic mass is 9.63. The van der Waals surface area contributed by atoms with Crippen molar-refractivity contribution in [1.82, 2.24) is 0 Å². The Kier molecular flexibility index (Phi) is 1.61. The molecule has 1 fully saturated rings. The maximum absolute atomic E-state index is 9.84. The first-order valence-corrected chi connectivity index (χ1v) is 4.54. The highest BCUT2D eigenvalue weighted by Gasteiger charge is 2.48. The van der Waals surface area contributed by atoms with Gasteiger partial charge in [0.1, 0.15) is 5.60 Å². The normalized spacial score (nSPS) is 51.4. The van der Waals surface area contributed by atoms with E-state index in [-0.39, 0.29) is 17.1 Å². The molecule has 2 nitrogen and oxygen atoms in total. The predicted molar refractivity (Wildman–Crippen MR) is 46.8 cm³/mol. The molecule has 68 valence electrons. The van der Waals surface area contributed by atoms with Gasteiger partial charge in [-0.05, 0) is 24.7 Å². The topological polar surface area (TPSA) is 29.5 Å². The fourth-order valence-electron chi connectivity index (χ4n) is 2.36. The second-order valence-corrected chi connectivity index (χ2v) is 4.37. The number of fused-ring (bicyclic) bond motifs is 2. The van der Waals surface area contributed by atoms with E-state index >= 15 is 0 Å². The van der Waals surface area contributed by atoms with Gasteiger partial charge < -0.3 is 9.84 Å². The van der Waals surface area contributed by atoms with Crippen molar-refractivity contribution >= 4 is 0 Å². The highest BCUT2D eigenvalue weighted by atomic mass is 16.5. The highest BCUT2D eigenvalue weighted by Crippen LogP contribution is 2.48. The number of methoxy groups -OCH3 is 1. The van der Waals surface area contributed by atoms with Gasteiger partial charge in [-0.15, -0.1) is 0 Å². The SMILES string of the molecule is COC12C=CC(C)(CC1)CC2O. The van der Waals surface area contributed by atoms with Crippen LogP contribution in [0.15, 0.2) is 12.2 Å². The third kappa shape index (κ3) is 0.947. The molecule has 3 aliphatic carbocycles. The van der Waals surface area contributed by atoms with Crippen LogP contribution in [0.1, 0.15) is 26.2 Å². The molecule has 2 bridgehead atoms. The van der Waals surface area contributed by atoms with Crippen molar-refractivity contribution in [3.8, 4) is 0 Å². The third-order valence-corrected chi connectivity index (χ3v) is 3.46. The van der Waals surface area contributed by atoms with Gasteiger partial charge in [0.2, 0.25) is 0 Å². The quantitative estimate of drug-likeness (QED) is 0.601. The van der Waals surface area contributed by atoms with E-state index in [0.29, 0.717) is 0 Å². The summed E-state index contributed by atoms with van der Waals surface area (Å²) >= 11 is 0. The fourth-order valence-corrected chi connectivity index (χ4v) is 2.36. The average molecular weight is 168 g/mol. The van der Waals surface area contributed by atoms with Gasteiger partial charge in [0, 0.05) is 7.11 Å². The van der Waals surface area contributed by atoms with Crippen molar-refractivity contribution < 1.29 is 9.84 Å². The van der Waals surface area contributed by atoms with Gasteiger partial charge >= 0.3 is 0 Å². The van der Waals surface area contributed by atoms with Crippen LogP contribution in [0.2, 0.25) is 0 Å². The Morgan fingerprint density at radius 3 is 2.58 bits per heavy atom. The largest absolute Gasteiger partial charge is 0.390 e. The molecule has 3 unspecified atom stereocenters. The van der Waals surface area contributed by atoms with E-state index in [4.69, 9.17) is 4.74 Å². The number of allylic oxidation sites excluding steroid dienone is 1. The summed E-state index contributed by atoms with van der Waals surface area (Å²) in [6.07, 6.45) is 6.87. The second kappa shape index (κ2) is 2.33. The summed E-state index contributed by atoms with van der Waals surface area (Å²) in [5, 5.41) is 9.84. The number of ether oxygens (including phenoxy) is 1. The van der Waals surface area contributed by atoms with Crippen LogP contribution in [-0.4, -0.2) is 23.9 Å². The van der Waals surface area contributed by atoms with Gasteiger partial charge in [-0.2, -0.15) is 0 Å². The summed E-state index contributed by atoms with van der Waals surface area (Å²) in [6, 6.07) is 0. The number of hydrogen-bond acceptors (Lipinski definition) is 2. The Balaban J connectivity index is 2.34. The monoisotopic (exact) mass is 168 g/mol. The van der Waals surface area contributed by atoms with Gasteiger partial charge in [-0.25, -0.2) is 0 Å². The van der Waals surface area contributed by atoms with Crippen molar-refractivity contribution in [2.24, 2.45) is 5.41 Å². The molecule has 0 amide bonds. The molecule has 0 radical (unpaired) electrons. The molecule has 0 spiro atoms. The molecule has 0 aromatic rings. The van der Waals surface area contributed by atoms with Crippen molar-refractivity contribution in [3.05, 3.63) is 12.2 Å². The van der Waals surface area contributed by atoms with E-state index < -0.39 is 0 Å². The van der Waals surface area contributed by atoms with E-state index in [0.717, 1.165) is 19.3 Å². The zero-order valence-corrected chi connectivity index (χ0v) is 7.71. The molecule has 0 aliphatic heterocycles. The van der Waals surface area contributed by atoms with Gasteiger partial charge in [0.25, 0.3) is 0 Å². The smallest absolute Gasteiger partial charge is 0.112 e. The van der Waals surface area contributed by atoms with Crippen LogP contribution in [0, 0.1) is 5.41 Å². The number of aliphatic hydroxyl groups excluding tert-OH is 1. The molecule has 3 rings (SSSR count). The zero-order chi connectivity index (χ0) is 8.82. The van der Waals surface area contributed by atoms with E-state index in [9.17, 15) is 5.11 Å². The van der Waals surface area contributed by atoms with Crippen LogP contribution in [-0.2, 0) is 4.74 Å². The van der Waals surface area contributed by atoms with Crippen LogP contribution < -0.4 is 0 Å². The molecule has 2 heteroatoms. The molecule has 0 aromatic heterocycles. The molecular formula is C10H16O2. The molecule has 0 heterocycles. The first-order valence-electron chi connectivity index (χ1n) is 4.54. The van der Waals surface area contributed by atoms with E-state index in [1.165, 1.54) is 0 Å². The lowest BCUT2D eigenvalue weighted by molar-refractivity contribution is -0.122. The number of rotatable bonds is 1. The zero-order valence-electron chi connectivity index (χ0n) is 7.71. The van der Waals surface area contributed by atoms with E-state index in [2.05, 4.69) is 13.0 Å². The molecule has 1 N–H and O–H groups in total. The summed E-state index contributed by atoms with van der Waals surface area (Å²) in [7, 11) is 1.68. The Morgan fingerprint density at radius 1 is 1.42 bits per heavy atom. The van der Waals surface area contributed by atoms with Crippen molar-refractivity contribution in [2.75, 3.05) is 7.11 Å². The highest BCUT2D eigenvalue weighted by molar-refractivity contribution is 5.21. The molecule has 0 aromatic carbocycles. The first-order chi connectivity index (χ1) is 5.60. The van der Waals surface area contributed by atoms with Gasteiger partial charge in [-0.1, -0.05) is 19.1 Å². The van der Waals surface area contributed by atoms with Crippen LogP contribution in [0.5, 0.6) is 0 Å². The Morgan fingerprint density at radius 2 is 2.17 bits per heavy atom. The van der Waals surface area contributed by atoms with Crippen LogP contribution in [0.3, 0.4) is 0 Å². The lowest BCUT2D eigenvalue weighted by Crippen LogP contribution is -2.52. The average Bonchev–Trinajstić information content (AvgIpc) is 2.05. The van der Waals surface area contributed by atoms with Crippen molar-refractivity contribution in [2.45, 2.75) is 37.9 Å². The third-order valence-electron chi connectivity index (χ3n) is 3.46. The van der Waals surface area contributed by atoms with Crippen molar-refractivity contribution in [3.63, 3.8) is 0 Å². The summed E-state index contributed by atoms with van der Waals surface area (Å²) in [4.78, 5) is 0. The van der Waals surface area contributed by atoms with E-state index in [1.54, 1.807) is 7.11 Å². The van der Waals surface area contributed by atoms with Gasteiger partial charge in [0.15, 0.2) is 0 Å². The van der Waals surface area contributed by atoms with Crippen molar-refractivity contribution in [1.29, 1.82) is 0 Å². The molecule has 3 aliphatic rings. The van der Waals surface area contributed by atoms with E-state index in [1.807, 2.05) is 6.08 Å². The minimum Gasteiger partial charge on any atom is -0.390 e. The summed E-state index contributed by atoms with van der Waals surface area (Å²) < 4.78 is 5.39. The predicted octanol–water partition coefficient (Wildman–Crippen LogP) is 1.49. The van der Waals surface area contributed by atoms with Gasteiger partial charge in [0.05, 0.1) is 6.10 Å². The number of aliphatic hydroxyl groups is 1. The maximum Gasteiger partial charge on any atom is 0.112 e. The number of hydrogen-bond donors (Lipinski definition) is 1. The minimum absolute atomic E-state index is 0.222. The lowest BCUT2D eigenvalue weighted by Gasteiger charge is -2.49. The molecular weight excluding hydrogens is 152 g/mol. The summed E-state index contributed by atoms with van der Waals surface area (Å²) in [5.41, 5.74) is -0.141. The maximum atomic E-state index is 9.84. The Bertz CT molecular complexity index is 224. The molecule has 0 saturated heterocycles. The molecule has 1 saturated carbocycles. The molecule has 3 atom stereocenters. The summed E-state index contributed by atoms with van der Waals surface area (Å²) in [5.74, 6) is 0. The van der Waals surface area contributed by atoms with Crippen LogP contribution in [0.4, 0.5) is 0 Å². The Labute approximate surface area is 73.2 Å². The Hall–Kier alpha value is -0.340. The summed E-state index contributed by atoms with van der Waals surface area (Å²) in [6.45, 7) is 2.20. The van der Waals surface area contributed by atoms with Crippen LogP contribution >= 0.6 is 0 Å². The standard InChI is InChI=1S/C10H16O2/c1-9-3-5-10(12-2,6-4-9)8(11)7-9/h3,5,8,11H,4,6-7H2,1-2H3. The minimum atomic E-state index is -0.363. The molecule has 12 heavy (non-hydrogen) atoms. The van der Waals surface area contributed by atoms with Crippen LogP contribution in [0.25, 0.3) is 0 Å². The van der Waals surface area contributed by atoms with Gasteiger partial charge in [-0.3, -0.25) is 0 Å². The fraction of sp³-hybridized carbons (Fsp3) is 0.800. The first kappa shape index (κ1) is 8.27.